The van der Waals surface area contributed by atoms with Crippen molar-refractivity contribution < 1.29 is 20.8 Å². The molecule has 1 aliphatic carbocycles. The molecule has 2 aromatic carbocycles. The predicted octanol–water partition coefficient (Wildman–Crippen LogP) is 4.96. The Morgan fingerprint density at radius 1 is 1.04 bits per heavy atom. The largest absolute Gasteiger partial charge is 0.147 e. The Bertz CT molecular complexity index is 714. The quantitative estimate of drug-likeness (QED) is 0.601. The maximum atomic E-state index is 6.78. The van der Waals surface area contributed by atoms with E-state index in [-0.39, 0.29) is 24.8 Å². The summed E-state index contributed by atoms with van der Waals surface area (Å²) in [7, 11) is 4.46. The molecule has 3 rings (SSSR count). The maximum absolute atomic E-state index is 6.78. The second-order valence-corrected chi connectivity index (χ2v) is 20.0. The monoisotopic (exact) mass is 446 g/mol. The normalized spacial score (nSPS) is 18.1. The molecule has 0 amide bonds. The van der Waals surface area contributed by atoms with Gasteiger partial charge in [-0.15, -0.1) is 24.8 Å². The van der Waals surface area contributed by atoms with Crippen molar-refractivity contribution in [2.24, 2.45) is 0 Å². The molecule has 0 radical (unpaired) electrons. The summed E-state index contributed by atoms with van der Waals surface area (Å²) in [6.07, 6.45) is 1.17. The van der Waals surface area contributed by atoms with E-state index in [2.05, 4.69) is 87.5 Å². The molecule has 0 fully saturated rings. The van der Waals surface area contributed by atoms with Crippen LogP contribution in [0.5, 0.6) is 5.75 Å². The van der Waals surface area contributed by atoms with E-state index in [0.717, 1.165) is 5.75 Å². The Kier molecular flexibility index (Phi) is 9.42. The van der Waals surface area contributed by atoms with Crippen molar-refractivity contribution in [3.05, 3.63) is 65.2 Å². The van der Waals surface area contributed by atoms with Crippen LogP contribution in [0.25, 0.3) is 0 Å². The number of rotatable bonds is 5. The van der Waals surface area contributed by atoms with E-state index in [1.54, 1.807) is 5.56 Å². The molecule has 0 spiro atoms. The third kappa shape index (κ3) is 5.15. The van der Waals surface area contributed by atoms with Gasteiger partial charge in [0.05, 0.1) is 0 Å². The summed E-state index contributed by atoms with van der Waals surface area (Å²) in [5.41, 5.74) is 4.39. The Labute approximate surface area is 178 Å². The van der Waals surface area contributed by atoms with Gasteiger partial charge in [0.15, 0.2) is 0 Å². The van der Waals surface area contributed by atoms with E-state index in [1.165, 1.54) is 17.5 Å². The molecule has 0 heterocycles. The molecule has 0 N–H and O–H groups in total. The number of aryl methyl sites for hydroxylation is 1. The summed E-state index contributed by atoms with van der Waals surface area (Å²) in [4.78, 5) is 2.42. The zero-order valence-electron chi connectivity index (χ0n) is 16.2. The van der Waals surface area contributed by atoms with E-state index < -0.39 is 24.2 Å². The average molecular weight is 447 g/mol. The van der Waals surface area contributed by atoms with Crippen molar-refractivity contribution in [3.8, 4) is 5.75 Å². The van der Waals surface area contributed by atoms with Gasteiger partial charge in [0.2, 0.25) is 0 Å². The summed E-state index contributed by atoms with van der Waals surface area (Å²) >= 11 is -1.69. The van der Waals surface area contributed by atoms with Gasteiger partial charge in [-0.3, -0.25) is 0 Å². The number of nitrogens with zero attached hydrogens (tertiary/aromatic N) is 1. The standard InChI is InChI=1S/C11H14N.C7H8O.C2H7Si.2ClH.Ti/c1-12(2)11-7-9-5-3-4-6-10(9)8-11;1-6-3-2-4-7(8)5-6;1-3-2;;;/h3-7,11H,8H2,1-2H3;2-5,8H,1H3;3H,1-2H3;2*1H;/q;;;;;+1/p-1. The average Bonchev–Trinajstić information content (AvgIpc) is 2.92. The molecule has 2 nitrogen and oxygen atoms in total. The molecule has 0 aromatic heterocycles. The Balaban J connectivity index is 0.00000169. The van der Waals surface area contributed by atoms with Gasteiger partial charge in [0.25, 0.3) is 0 Å². The van der Waals surface area contributed by atoms with Gasteiger partial charge in [-0.1, -0.05) is 0 Å². The number of fused-ring (bicyclic) bond motifs is 1. The first-order valence-electron chi connectivity index (χ1n) is 8.83. The van der Waals surface area contributed by atoms with E-state index >= 15 is 0 Å². The second-order valence-electron chi connectivity index (χ2n) is 7.39. The molecular weight excluding hydrogens is 417 g/mol. The summed E-state index contributed by atoms with van der Waals surface area (Å²) in [6.45, 7) is 6.27. The fourth-order valence-corrected chi connectivity index (χ4v) is 14.4. The first-order valence-corrected chi connectivity index (χ1v) is 16.0. The minimum Gasteiger partial charge on any atom is -0.147 e. The van der Waals surface area contributed by atoms with E-state index in [9.17, 15) is 0 Å². The maximum Gasteiger partial charge on any atom is -0.147 e. The molecule has 6 heteroatoms. The molecule has 0 aliphatic heterocycles. The van der Waals surface area contributed by atoms with Crippen LogP contribution in [-0.2, 0) is 23.9 Å². The molecule has 0 saturated heterocycles. The van der Waals surface area contributed by atoms with E-state index in [4.69, 9.17) is 3.32 Å². The van der Waals surface area contributed by atoms with Crippen LogP contribution in [-0.4, -0.2) is 31.7 Å². The van der Waals surface area contributed by atoms with Gasteiger partial charge in [0, 0.05) is 0 Å². The number of halogens is 2. The van der Waals surface area contributed by atoms with Crippen LogP contribution in [0.15, 0.2) is 48.5 Å². The Morgan fingerprint density at radius 2 is 1.73 bits per heavy atom. The van der Waals surface area contributed by atoms with Gasteiger partial charge in [-0.25, -0.2) is 0 Å². The number of likely N-dealkylation sites (N-methyl/N-ethyl adjacent to an activating group) is 1. The van der Waals surface area contributed by atoms with E-state index in [1.807, 2.05) is 0 Å². The fourth-order valence-electron chi connectivity index (χ4n) is 3.75. The summed E-state index contributed by atoms with van der Waals surface area (Å²) in [5, 5.41) is 0. The van der Waals surface area contributed by atoms with Gasteiger partial charge in [0.1, 0.15) is 0 Å². The van der Waals surface area contributed by atoms with E-state index in [0.29, 0.717) is 10.3 Å². The molecular formula is C20H30Cl2NOSiTi. The summed E-state index contributed by atoms with van der Waals surface area (Å²) in [5.74, 6) is 1.09. The number of benzene rings is 2. The molecule has 0 bridgehead atoms. The summed E-state index contributed by atoms with van der Waals surface area (Å²) in [6, 6.07) is 18.3. The van der Waals surface area contributed by atoms with Crippen molar-refractivity contribution >= 4 is 31.5 Å². The first kappa shape index (κ1) is 23.8. The molecule has 0 saturated carbocycles. The van der Waals surface area contributed by atoms with Crippen LogP contribution in [0.4, 0.5) is 0 Å². The van der Waals surface area contributed by atoms with Crippen LogP contribution in [0.1, 0.15) is 20.9 Å². The predicted molar refractivity (Wildman–Crippen MR) is 116 cm³/mol. The van der Waals surface area contributed by atoms with Crippen LogP contribution in [0.3, 0.4) is 0 Å². The smallest absolute Gasteiger partial charge is 0.147 e. The van der Waals surface area contributed by atoms with Crippen LogP contribution >= 0.6 is 24.8 Å². The molecule has 26 heavy (non-hydrogen) atoms. The second kappa shape index (κ2) is 10.3. The SMILES string of the molecule is Cc1cccc([O][Ti]([CH]2c3ccccc3CC2N(C)C)[SiH](C)C)c1.Cl.Cl. The van der Waals surface area contributed by atoms with Crippen molar-refractivity contribution in [1.82, 2.24) is 4.90 Å². The minimum atomic E-state index is -1.69. The summed E-state index contributed by atoms with van der Waals surface area (Å²) < 4.78 is 7.41. The zero-order valence-corrected chi connectivity index (χ0v) is 20.6. The number of hydrogen-bond donors (Lipinski definition) is 0. The van der Waals surface area contributed by atoms with Crippen molar-refractivity contribution in [3.63, 3.8) is 0 Å². The minimum absolute atomic E-state index is 0. The molecule has 143 valence electrons. The van der Waals surface area contributed by atoms with Crippen LogP contribution in [0.2, 0.25) is 13.1 Å². The van der Waals surface area contributed by atoms with Crippen LogP contribution in [0, 0.1) is 6.92 Å². The molecule has 2 aromatic rings. The zero-order chi connectivity index (χ0) is 17.3. The van der Waals surface area contributed by atoms with Gasteiger partial charge in [-0.2, -0.15) is 0 Å². The van der Waals surface area contributed by atoms with Crippen molar-refractivity contribution in [2.75, 3.05) is 14.1 Å². The number of hydrogen-bond acceptors (Lipinski definition) is 2. The van der Waals surface area contributed by atoms with Crippen molar-refractivity contribution in [1.29, 1.82) is 0 Å². The molecule has 1 aliphatic rings. The third-order valence-corrected chi connectivity index (χ3v) is 16.2. The van der Waals surface area contributed by atoms with Crippen LogP contribution < -0.4 is 3.32 Å². The Hall–Kier alpha value is -0.289. The Morgan fingerprint density at radius 3 is 2.35 bits per heavy atom. The first-order chi connectivity index (χ1) is 11.5. The third-order valence-electron chi connectivity index (χ3n) is 4.97. The molecule has 2 atom stereocenters. The van der Waals surface area contributed by atoms with Gasteiger partial charge >= 0.3 is 154 Å². The topological polar surface area (TPSA) is 12.5 Å². The van der Waals surface area contributed by atoms with Gasteiger partial charge in [-0.05, 0) is 0 Å². The van der Waals surface area contributed by atoms with Crippen molar-refractivity contribution in [2.45, 2.75) is 36.7 Å². The molecule has 2 unspecified atom stereocenters. The fraction of sp³-hybridized carbons (Fsp3) is 0.400. The van der Waals surface area contributed by atoms with Gasteiger partial charge < -0.3 is 0 Å².